The van der Waals surface area contributed by atoms with Crippen LogP contribution in [0, 0.1) is 5.92 Å². The van der Waals surface area contributed by atoms with Gasteiger partial charge in [-0.15, -0.1) is 0 Å². The SMILES string of the molecule is CC(CN)CCC(=O)N1CCCC1CC(=O)O. The van der Waals surface area contributed by atoms with E-state index < -0.39 is 5.97 Å². The molecule has 1 fully saturated rings. The van der Waals surface area contributed by atoms with Gasteiger partial charge in [0, 0.05) is 19.0 Å². The van der Waals surface area contributed by atoms with E-state index in [-0.39, 0.29) is 18.4 Å². The van der Waals surface area contributed by atoms with Crippen LogP contribution < -0.4 is 5.73 Å². The van der Waals surface area contributed by atoms with Crippen molar-refractivity contribution in [3.8, 4) is 0 Å². The van der Waals surface area contributed by atoms with E-state index in [1.54, 1.807) is 4.90 Å². The van der Waals surface area contributed by atoms with Gasteiger partial charge in [-0.1, -0.05) is 6.92 Å². The van der Waals surface area contributed by atoms with Gasteiger partial charge in [0.1, 0.15) is 0 Å². The number of aliphatic carboxylic acids is 1. The summed E-state index contributed by atoms with van der Waals surface area (Å²) < 4.78 is 0. The Balaban J connectivity index is 2.41. The molecular formula is C12H22N2O3. The number of carboxylic acids is 1. The number of carbonyl (C=O) groups is 2. The number of likely N-dealkylation sites (tertiary alicyclic amines) is 1. The molecule has 0 aromatic rings. The van der Waals surface area contributed by atoms with Gasteiger partial charge in [-0.3, -0.25) is 9.59 Å². The van der Waals surface area contributed by atoms with Crippen molar-refractivity contribution in [3.05, 3.63) is 0 Å². The van der Waals surface area contributed by atoms with Gasteiger partial charge in [-0.25, -0.2) is 0 Å². The zero-order valence-corrected chi connectivity index (χ0v) is 10.4. The lowest BCUT2D eigenvalue weighted by Crippen LogP contribution is -2.37. The van der Waals surface area contributed by atoms with Crippen LogP contribution in [-0.2, 0) is 9.59 Å². The van der Waals surface area contributed by atoms with Gasteiger partial charge in [-0.2, -0.15) is 0 Å². The van der Waals surface area contributed by atoms with Crippen LogP contribution in [0.1, 0.15) is 39.0 Å². The molecule has 5 nitrogen and oxygen atoms in total. The average Bonchev–Trinajstić information content (AvgIpc) is 2.72. The van der Waals surface area contributed by atoms with Crippen LogP contribution >= 0.6 is 0 Å². The van der Waals surface area contributed by atoms with Crippen molar-refractivity contribution in [2.24, 2.45) is 11.7 Å². The van der Waals surface area contributed by atoms with Crippen LogP contribution in [0.15, 0.2) is 0 Å². The maximum absolute atomic E-state index is 11.9. The van der Waals surface area contributed by atoms with E-state index in [1.807, 2.05) is 6.92 Å². The summed E-state index contributed by atoms with van der Waals surface area (Å²) in [5.74, 6) is -0.404. The number of nitrogens with two attached hydrogens (primary N) is 1. The Hall–Kier alpha value is -1.10. The highest BCUT2D eigenvalue weighted by Crippen LogP contribution is 2.21. The number of carboxylic acid groups (broad SMARTS) is 1. The molecule has 17 heavy (non-hydrogen) atoms. The number of hydrogen-bond acceptors (Lipinski definition) is 3. The van der Waals surface area contributed by atoms with Gasteiger partial charge in [-0.05, 0) is 31.7 Å². The van der Waals surface area contributed by atoms with Gasteiger partial charge in [0.15, 0.2) is 0 Å². The van der Waals surface area contributed by atoms with Crippen molar-refractivity contribution in [1.82, 2.24) is 4.90 Å². The third-order valence-corrected chi connectivity index (χ3v) is 3.36. The predicted molar refractivity (Wildman–Crippen MR) is 64.4 cm³/mol. The highest BCUT2D eigenvalue weighted by molar-refractivity contribution is 5.78. The minimum atomic E-state index is -0.829. The van der Waals surface area contributed by atoms with Crippen LogP contribution in [0.25, 0.3) is 0 Å². The van der Waals surface area contributed by atoms with E-state index in [0.717, 1.165) is 19.3 Å². The van der Waals surface area contributed by atoms with Gasteiger partial charge in [0.05, 0.1) is 6.42 Å². The Morgan fingerprint density at radius 1 is 1.53 bits per heavy atom. The average molecular weight is 242 g/mol. The summed E-state index contributed by atoms with van der Waals surface area (Å²) in [4.78, 5) is 24.4. The highest BCUT2D eigenvalue weighted by atomic mass is 16.4. The standard InChI is InChI=1S/C12H22N2O3/c1-9(8-13)4-5-11(15)14-6-2-3-10(14)7-12(16)17/h9-10H,2-8,13H2,1H3,(H,16,17). The molecule has 0 radical (unpaired) electrons. The number of carbonyl (C=O) groups excluding carboxylic acids is 1. The van der Waals surface area contributed by atoms with Gasteiger partial charge in [0.2, 0.25) is 5.91 Å². The Morgan fingerprint density at radius 3 is 2.82 bits per heavy atom. The van der Waals surface area contributed by atoms with Crippen LogP contribution in [0.2, 0.25) is 0 Å². The van der Waals surface area contributed by atoms with Crippen molar-refractivity contribution in [2.75, 3.05) is 13.1 Å². The van der Waals surface area contributed by atoms with E-state index in [1.165, 1.54) is 0 Å². The van der Waals surface area contributed by atoms with Crippen LogP contribution in [0.4, 0.5) is 0 Å². The monoisotopic (exact) mass is 242 g/mol. The second-order valence-corrected chi connectivity index (χ2v) is 4.86. The molecule has 0 aromatic carbocycles. The van der Waals surface area contributed by atoms with E-state index in [4.69, 9.17) is 10.8 Å². The molecule has 0 saturated carbocycles. The second-order valence-electron chi connectivity index (χ2n) is 4.86. The maximum Gasteiger partial charge on any atom is 0.305 e. The quantitative estimate of drug-likeness (QED) is 0.722. The first-order valence-corrected chi connectivity index (χ1v) is 6.26. The minimum Gasteiger partial charge on any atom is -0.481 e. The Bertz CT molecular complexity index is 281. The summed E-state index contributed by atoms with van der Waals surface area (Å²) >= 11 is 0. The topological polar surface area (TPSA) is 83.6 Å². The zero-order chi connectivity index (χ0) is 12.8. The molecule has 1 saturated heterocycles. The van der Waals surface area contributed by atoms with Gasteiger partial charge >= 0.3 is 5.97 Å². The predicted octanol–water partition coefficient (Wildman–Crippen LogP) is 0.827. The molecule has 1 heterocycles. The Kier molecular flexibility index (Phi) is 5.41. The molecule has 2 atom stereocenters. The number of rotatable bonds is 6. The first kappa shape index (κ1) is 14.0. The van der Waals surface area contributed by atoms with Crippen molar-refractivity contribution >= 4 is 11.9 Å². The van der Waals surface area contributed by atoms with Crippen molar-refractivity contribution in [2.45, 2.75) is 45.1 Å². The normalized spacial score (nSPS) is 21.5. The van der Waals surface area contributed by atoms with Crippen molar-refractivity contribution < 1.29 is 14.7 Å². The molecular weight excluding hydrogens is 220 g/mol. The number of amides is 1. The lowest BCUT2D eigenvalue weighted by atomic mass is 10.1. The largest absolute Gasteiger partial charge is 0.481 e. The second kappa shape index (κ2) is 6.59. The lowest BCUT2D eigenvalue weighted by molar-refractivity contribution is -0.140. The van der Waals surface area contributed by atoms with E-state index in [2.05, 4.69) is 0 Å². The fourth-order valence-corrected chi connectivity index (χ4v) is 2.21. The molecule has 1 rings (SSSR count). The number of hydrogen-bond donors (Lipinski definition) is 2. The molecule has 5 heteroatoms. The fraction of sp³-hybridized carbons (Fsp3) is 0.833. The van der Waals surface area contributed by atoms with Crippen molar-refractivity contribution in [3.63, 3.8) is 0 Å². The summed E-state index contributed by atoms with van der Waals surface area (Å²) in [5.41, 5.74) is 5.50. The molecule has 98 valence electrons. The van der Waals surface area contributed by atoms with Crippen LogP contribution in [0.5, 0.6) is 0 Å². The minimum absolute atomic E-state index is 0.0676. The van der Waals surface area contributed by atoms with Gasteiger partial charge < -0.3 is 15.7 Å². The molecule has 1 aliphatic rings. The molecule has 1 aliphatic heterocycles. The Morgan fingerprint density at radius 2 is 2.24 bits per heavy atom. The molecule has 0 bridgehead atoms. The summed E-state index contributed by atoms with van der Waals surface area (Å²) in [6, 6.07) is -0.104. The summed E-state index contributed by atoms with van der Waals surface area (Å²) in [7, 11) is 0. The molecule has 3 N–H and O–H groups in total. The van der Waals surface area contributed by atoms with E-state index in [9.17, 15) is 9.59 Å². The smallest absolute Gasteiger partial charge is 0.305 e. The van der Waals surface area contributed by atoms with Crippen molar-refractivity contribution in [1.29, 1.82) is 0 Å². The summed E-state index contributed by atoms with van der Waals surface area (Å²) in [6.45, 7) is 3.31. The molecule has 0 aromatic heterocycles. The molecule has 2 unspecified atom stereocenters. The summed E-state index contributed by atoms with van der Waals surface area (Å²) in [5, 5.41) is 8.78. The third kappa shape index (κ3) is 4.34. The molecule has 0 spiro atoms. The molecule has 0 aliphatic carbocycles. The Labute approximate surface area is 102 Å². The van der Waals surface area contributed by atoms with E-state index >= 15 is 0 Å². The van der Waals surface area contributed by atoms with Gasteiger partial charge in [0.25, 0.3) is 0 Å². The van der Waals surface area contributed by atoms with Crippen LogP contribution in [0.3, 0.4) is 0 Å². The highest BCUT2D eigenvalue weighted by Gasteiger charge is 2.29. The third-order valence-electron chi connectivity index (χ3n) is 3.36. The fourth-order valence-electron chi connectivity index (χ4n) is 2.21. The first-order chi connectivity index (χ1) is 8.04. The maximum atomic E-state index is 11.9. The van der Waals surface area contributed by atoms with Crippen LogP contribution in [-0.4, -0.2) is 41.0 Å². The first-order valence-electron chi connectivity index (χ1n) is 6.26. The lowest BCUT2D eigenvalue weighted by Gasteiger charge is -2.24. The molecule has 1 amide bonds. The number of nitrogens with zero attached hydrogens (tertiary/aromatic N) is 1. The van der Waals surface area contributed by atoms with E-state index in [0.29, 0.717) is 25.4 Å². The zero-order valence-electron chi connectivity index (χ0n) is 10.4. The summed E-state index contributed by atoms with van der Waals surface area (Å²) in [6.07, 6.45) is 3.05.